The molecule has 1 aromatic carbocycles. The first-order valence-electron chi connectivity index (χ1n) is 4.48. The summed E-state index contributed by atoms with van der Waals surface area (Å²) in [5.41, 5.74) is 2.61. The smallest absolute Gasteiger partial charge is 0.130 e. The van der Waals surface area contributed by atoms with Crippen LogP contribution in [0.15, 0.2) is 16.6 Å². The first kappa shape index (κ1) is 9.03. The number of halogens is 1. The lowest BCUT2D eigenvalue weighted by Crippen LogP contribution is -2.16. The Hall–Kier alpha value is -0.540. The van der Waals surface area contributed by atoms with Crippen LogP contribution in [0.2, 0.25) is 0 Å². The number of rotatable bonds is 0. The van der Waals surface area contributed by atoms with Crippen LogP contribution in [0.3, 0.4) is 0 Å². The minimum atomic E-state index is 0.348. The summed E-state index contributed by atoms with van der Waals surface area (Å²) in [5.74, 6) is 0.348. The molecule has 3 heteroatoms. The Labute approximate surface area is 86.1 Å². The van der Waals surface area contributed by atoms with Gasteiger partial charge in [-0.05, 0) is 65.1 Å². The summed E-state index contributed by atoms with van der Waals surface area (Å²) in [6.45, 7) is 2.04. The highest BCUT2D eigenvalue weighted by Crippen LogP contribution is 2.28. The summed E-state index contributed by atoms with van der Waals surface area (Å²) < 4.78 is 0.799. The van der Waals surface area contributed by atoms with Gasteiger partial charge in [0.15, 0.2) is 0 Å². The fourth-order valence-corrected chi connectivity index (χ4v) is 2.07. The lowest BCUT2D eigenvalue weighted by atomic mass is 10.0. The molecule has 1 aliphatic rings. The molecule has 13 heavy (non-hydrogen) atoms. The fraction of sp³-hybridized carbons (Fsp3) is 0.400. The molecule has 0 radical (unpaired) electrons. The fourth-order valence-electron chi connectivity index (χ4n) is 1.68. The first-order valence-corrected chi connectivity index (χ1v) is 5.27. The van der Waals surface area contributed by atoms with Crippen molar-refractivity contribution < 1.29 is 5.11 Å². The predicted octanol–water partition coefficient (Wildman–Crippen LogP) is 1.84. The van der Waals surface area contributed by atoms with E-state index in [9.17, 15) is 5.11 Å². The average molecular weight is 242 g/mol. The SMILES string of the molecule is Oc1cc2c(cc1Br)CCNCC2. The molecule has 0 saturated heterocycles. The minimum Gasteiger partial charge on any atom is -0.507 e. The van der Waals surface area contributed by atoms with E-state index >= 15 is 0 Å². The summed E-state index contributed by atoms with van der Waals surface area (Å²) in [4.78, 5) is 0. The third kappa shape index (κ3) is 1.86. The summed E-state index contributed by atoms with van der Waals surface area (Å²) in [6.07, 6.45) is 2.06. The number of fused-ring (bicyclic) bond motifs is 1. The van der Waals surface area contributed by atoms with E-state index in [0.717, 1.165) is 30.4 Å². The normalized spacial score (nSPS) is 16.4. The van der Waals surface area contributed by atoms with E-state index < -0.39 is 0 Å². The number of hydrogen-bond acceptors (Lipinski definition) is 2. The number of phenolic OH excluding ortho intramolecular Hbond substituents is 1. The molecule has 2 nitrogen and oxygen atoms in total. The van der Waals surface area contributed by atoms with Crippen molar-refractivity contribution in [2.24, 2.45) is 0 Å². The largest absolute Gasteiger partial charge is 0.507 e. The number of nitrogens with one attached hydrogen (secondary N) is 1. The van der Waals surface area contributed by atoms with Crippen LogP contribution in [0.5, 0.6) is 5.75 Å². The number of hydrogen-bond donors (Lipinski definition) is 2. The highest BCUT2D eigenvalue weighted by molar-refractivity contribution is 9.10. The van der Waals surface area contributed by atoms with Crippen molar-refractivity contribution in [3.05, 3.63) is 27.7 Å². The van der Waals surface area contributed by atoms with Gasteiger partial charge in [-0.3, -0.25) is 0 Å². The van der Waals surface area contributed by atoms with E-state index in [1.54, 1.807) is 0 Å². The zero-order valence-corrected chi connectivity index (χ0v) is 8.89. The first-order chi connectivity index (χ1) is 6.27. The van der Waals surface area contributed by atoms with Gasteiger partial charge in [0.2, 0.25) is 0 Å². The van der Waals surface area contributed by atoms with Crippen molar-refractivity contribution in [1.29, 1.82) is 0 Å². The highest BCUT2D eigenvalue weighted by atomic mass is 79.9. The second kappa shape index (κ2) is 3.68. The van der Waals surface area contributed by atoms with Gasteiger partial charge in [-0.1, -0.05) is 0 Å². The van der Waals surface area contributed by atoms with Gasteiger partial charge in [0.05, 0.1) is 4.47 Å². The molecule has 0 bridgehead atoms. The summed E-state index contributed by atoms with van der Waals surface area (Å²) in [5, 5.41) is 12.8. The van der Waals surface area contributed by atoms with Gasteiger partial charge in [-0.15, -0.1) is 0 Å². The Bertz CT molecular complexity index is 294. The maximum absolute atomic E-state index is 9.50. The molecular weight excluding hydrogens is 230 g/mol. The van der Waals surface area contributed by atoms with Crippen LogP contribution in [0.4, 0.5) is 0 Å². The Morgan fingerprint density at radius 3 is 2.46 bits per heavy atom. The van der Waals surface area contributed by atoms with Crippen LogP contribution in [-0.4, -0.2) is 18.2 Å². The molecule has 0 saturated carbocycles. The van der Waals surface area contributed by atoms with E-state index in [-0.39, 0.29) is 0 Å². The summed E-state index contributed by atoms with van der Waals surface area (Å²) >= 11 is 3.33. The monoisotopic (exact) mass is 241 g/mol. The Morgan fingerprint density at radius 1 is 1.15 bits per heavy atom. The Balaban J connectivity index is 2.43. The number of phenols is 1. The van der Waals surface area contributed by atoms with E-state index in [1.165, 1.54) is 11.1 Å². The molecule has 0 atom stereocenters. The van der Waals surface area contributed by atoms with Crippen LogP contribution in [0.1, 0.15) is 11.1 Å². The molecular formula is C10H12BrNO. The van der Waals surface area contributed by atoms with Gasteiger partial charge in [0.1, 0.15) is 5.75 Å². The lowest BCUT2D eigenvalue weighted by Gasteiger charge is -2.06. The van der Waals surface area contributed by atoms with Crippen molar-refractivity contribution in [3.8, 4) is 5.75 Å². The molecule has 1 aromatic rings. The van der Waals surface area contributed by atoms with E-state index in [1.807, 2.05) is 12.1 Å². The molecule has 70 valence electrons. The van der Waals surface area contributed by atoms with Gasteiger partial charge in [0, 0.05) is 0 Å². The molecule has 0 unspecified atom stereocenters. The van der Waals surface area contributed by atoms with Crippen molar-refractivity contribution in [2.75, 3.05) is 13.1 Å². The van der Waals surface area contributed by atoms with Gasteiger partial charge in [0.25, 0.3) is 0 Å². The number of benzene rings is 1. The molecule has 1 aliphatic heterocycles. The van der Waals surface area contributed by atoms with Crippen LogP contribution in [-0.2, 0) is 12.8 Å². The Morgan fingerprint density at radius 2 is 1.77 bits per heavy atom. The summed E-state index contributed by atoms with van der Waals surface area (Å²) in [6, 6.07) is 3.89. The topological polar surface area (TPSA) is 32.3 Å². The molecule has 2 N–H and O–H groups in total. The minimum absolute atomic E-state index is 0.348. The standard InChI is InChI=1S/C10H12BrNO/c11-9-5-7-1-3-12-4-2-8(7)6-10(9)13/h5-6,12-13H,1-4H2. The quantitative estimate of drug-likeness (QED) is 0.727. The zero-order valence-electron chi connectivity index (χ0n) is 7.31. The molecule has 0 aromatic heterocycles. The molecule has 1 heterocycles. The molecule has 0 aliphatic carbocycles. The lowest BCUT2D eigenvalue weighted by molar-refractivity contribution is 0.471. The van der Waals surface area contributed by atoms with Crippen LogP contribution >= 0.6 is 15.9 Å². The second-order valence-corrected chi connectivity index (χ2v) is 4.18. The summed E-state index contributed by atoms with van der Waals surface area (Å²) in [7, 11) is 0. The molecule has 0 amide bonds. The third-order valence-electron chi connectivity index (χ3n) is 2.41. The van der Waals surface area contributed by atoms with E-state index in [4.69, 9.17) is 0 Å². The van der Waals surface area contributed by atoms with Crippen LogP contribution in [0, 0.1) is 0 Å². The molecule has 0 fully saturated rings. The van der Waals surface area contributed by atoms with Crippen molar-refractivity contribution in [1.82, 2.24) is 5.32 Å². The van der Waals surface area contributed by atoms with Gasteiger partial charge >= 0.3 is 0 Å². The van der Waals surface area contributed by atoms with Gasteiger partial charge in [-0.25, -0.2) is 0 Å². The zero-order chi connectivity index (χ0) is 9.26. The van der Waals surface area contributed by atoms with Gasteiger partial charge in [-0.2, -0.15) is 0 Å². The van der Waals surface area contributed by atoms with Crippen LogP contribution < -0.4 is 5.32 Å². The second-order valence-electron chi connectivity index (χ2n) is 3.32. The van der Waals surface area contributed by atoms with Crippen LogP contribution in [0.25, 0.3) is 0 Å². The third-order valence-corrected chi connectivity index (χ3v) is 3.05. The van der Waals surface area contributed by atoms with E-state index in [2.05, 4.69) is 21.2 Å². The molecule has 0 spiro atoms. The maximum Gasteiger partial charge on any atom is 0.130 e. The van der Waals surface area contributed by atoms with Crippen molar-refractivity contribution in [2.45, 2.75) is 12.8 Å². The maximum atomic E-state index is 9.50. The predicted molar refractivity (Wildman–Crippen MR) is 56.1 cm³/mol. The van der Waals surface area contributed by atoms with Gasteiger partial charge < -0.3 is 10.4 Å². The number of aromatic hydroxyl groups is 1. The average Bonchev–Trinajstić information content (AvgIpc) is 2.31. The van der Waals surface area contributed by atoms with E-state index in [0.29, 0.717) is 5.75 Å². The van der Waals surface area contributed by atoms with Crippen molar-refractivity contribution in [3.63, 3.8) is 0 Å². The highest BCUT2D eigenvalue weighted by Gasteiger charge is 2.10. The Kier molecular flexibility index (Phi) is 2.56. The molecule has 2 rings (SSSR count). The van der Waals surface area contributed by atoms with Crippen molar-refractivity contribution >= 4 is 15.9 Å².